The van der Waals surface area contributed by atoms with Crippen LogP contribution < -0.4 is 11.2 Å². The number of nitrogens with zero attached hydrogens (tertiary/aromatic N) is 4. The van der Waals surface area contributed by atoms with Crippen molar-refractivity contribution >= 4 is 52.3 Å². The Balaban J connectivity index is 2.13. The van der Waals surface area contributed by atoms with Crippen LogP contribution in [0.25, 0.3) is 5.82 Å². The molecule has 3 N–H and O–H groups in total. The Morgan fingerprint density at radius 3 is 2.44 bits per heavy atom. The van der Waals surface area contributed by atoms with E-state index < -0.39 is 29.4 Å². The van der Waals surface area contributed by atoms with Gasteiger partial charge in [-0.1, -0.05) is 34.8 Å². The summed E-state index contributed by atoms with van der Waals surface area (Å²) >= 11 is 18.1. The number of aromatic nitrogens is 3. The molecule has 2 aromatic heterocycles. The number of pyridine rings is 1. The fourth-order valence-corrected chi connectivity index (χ4v) is 3.36. The highest BCUT2D eigenvalue weighted by molar-refractivity contribution is 6.38. The van der Waals surface area contributed by atoms with Crippen molar-refractivity contribution in [1.29, 1.82) is 0 Å². The van der Waals surface area contributed by atoms with Gasteiger partial charge in [-0.2, -0.15) is 18.3 Å². The average Bonchev–Trinajstić information content (AvgIpc) is 3.15. The van der Waals surface area contributed by atoms with E-state index in [1.165, 1.54) is 37.5 Å². The molecule has 0 unspecified atom stereocenters. The largest absolute Gasteiger partial charge is 0.435 e. The Bertz CT molecular complexity index is 1210. The normalized spacial score (nSPS) is 11.4. The van der Waals surface area contributed by atoms with Gasteiger partial charge in [0.1, 0.15) is 5.69 Å². The molecule has 32 heavy (non-hydrogen) atoms. The third kappa shape index (κ3) is 4.80. The monoisotopic (exact) mass is 506 g/mol. The van der Waals surface area contributed by atoms with Crippen molar-refractivity contribution in [3.63, 3.8) is 0 Å². The molecule has 0 bridgehead atoms. The third-order valence-corrected chi connectivity index (χ3v) is 4.83. The van der Waals surface area contributed by atoms with Crippen LogP contribution in [0.1, 0.15) is 26.5 Å². The molecule has 0 aliphatic carbocycles. The van der Waals surface area contributed by atoms with E-state index in [9.17, 15) is 22.8 Å². The molecule has 1 aromatic carbocycles. The molecule has 0 atom stereocenters. The maximum absolute atomic E-state index is 13.3. The van der Waals surface area contributed by atoms with Crippen LogP contribution in [0.3, 0.4) is 0 Å². The number of carbonyl (C=O) groups is 2. The number of rotatable bonds is 4. The van der Waals surface area contributed by atoms with Crippen LogP contribution in [-0.4, -0.2) is 38.6 Å². The van der Waals surface area contributed by atoms with Crippen LogP contribution in [0.15, 0.2) is 36.5 Å². The maximum Gasteiger partial charge on any atom is 0.435 e. The molecule has 0 radical (unpaired) electrons. The van der Waals surface area contributed by atoms with Gasteiger partial charge in [0.2, 0.25) is 0 Å². The van der Waals surface area contributed by atoms with Crippen LogP contribution in [0.4, 0.5) is 18.9 Å². The Morgan fingerprint density at radius 1 is 1.16 bits per heavy atom. The molecule has 0 aliphatic rings. The Labute approximate surface area is 193 Å². The Morgan fingerprint density at radius 2 is 1.84 bits per heavy atom. The minimum absolute atomic E-state index is 0.0523. The highest BCUT2D eigenvalue weighted by Gasteiger charge is 2.37. The summed E-state index contributed by atoms with van der Waals surface area (Å²) in [7, 11) is 1.25. The summed E-state index contributed by atoms with van der Waals surface area (Å²) in [5, 5.41) is 6.35. The summed E-state index contributed by atoms with van der Waals surface area (Å²) in [5.41, 5.74) is -2.32. The van der Waals surface area contributed by atoms with Crippen LogP contribution in [0.2, 0.25) is 15.1 Å². The van der Waals surface area contributed by atoms with Crippen molar-refractivity contribution in [2.75, 3.05) is 12.4 Å². The molecule has 0 aliphatic heterocycles. The summed E-state index contributed by atoms with van der Waals surface area (Å²) < 4.78 is 40.5. The topological polar surface area (TPSA) is 106 Å². The van der Waals surface area contributed by atoms with Crippen molar-refractivity contribution in [3.8, 4) is 5.82 Å². The molecule has 3 rings (SSSR count). The summed E-state index contributed by atoms with van der Waals surface area (Å²) in [4.78, 5) is 29.3. The molecule has 0 saturated carbocycles. The minimum atomic E-state index is -4.86. The lowest BCUT2D eigenvalue weighted by Gasteiger charge is -2.16. The van der Waals surface area contributed by atoms with E-state index in [4.69, 9.17) is 40.6 Å². The molecular formula is C18H12Cl3F3N6O2. The minimum Gasteiger partial charge on any atom is -0.319 e. The summed E-state index contributed by atoms with van der Waals surface area (Å²) in [5.74, 6) is 3.42. The molecule has 14 heteroatoms. The van der Waals surface area contributed by atoms with Gasteiger partial charge in [0, 0.05) is 24.3 Å². The van der Waals surface area contributed by atoms with Gasteiger partial charge in [-0.25, -0.2) is 15.5 Å². The van der Waals surface area contributed by atoms with E-state index in [2.05, 4.69) is 15.4 Å². The molecule has 2 heterocycles. The first kappa shape index (κ1) is 23.8. The van der Waals surface area contributed by atoms with Crippen molar-refractivity contribution in [1.82, 2.24) is 19.8 Å². The lowest BCUT2D eigenvalue weighted by molar-refractivity contribution is -0.141. The molecule has 168 valence electrons. The summed E-state index contributed by atoms with van der Waals surface area (Å²) in [6, 6.07) is 5.77. The number of halogens is 6. The fourth-order valence-electron chi connectivity index (χ4n) is 2.61. The van der Waals surface area contributed by atoms with E-state index in [0.29, 0.717) is 10.7 Å². The number of anilines is 1. The van der Waals surface area contributed by atoms with Gasteiger partial charge in [-0.3, -0.25) is 14.6 Å². The molecule has 2 amide bonds. The van der Waals surface area contributed by atoms with Crippen LogP contribution in [0.5, 0.6) is 0 Å². The van der Waals surface area contributed by atoms with E-state index >= 15 is 0 Å². The average molecular weight is 508 g/mol. The Hall–Kier alpha value is -2.86. The SMILES string of the molecule is CN(N)C(=O)c1cc(Cl)cc(Cl)c1NC(=O)c1cc(C(F)(F)F)nn1-c1ncccc1Cl. The second-order valence-electron chi connectivity index (χ2n) is 6.31. The lowest BCUT2D eigenvalue weighted by atomic mass is 10.1. The molecule has 0 fully saturated rings. The first-order chi connectivity index (χ1) is 14.9. The van der Waals surface area contributed by atoms with E-state index in [0.717, 1.165) is 5.01 Å². The van der Waals surface area contributed by atoms with Gasteiger partial charge in [0.15, 0.2) is 11.5 Å². The molecule has 3 aromatic rings. The van der Waals surface area contributed by atoms with Gasteiger partial charge >= 0.3 is 6.18 Å². The molecule has 8 nitrogen and oxygen atoms in total. The molecular weight excluding hydrogens is 496 g/mol. The zero-order valence-corrected chi connectivity index (χ0v) is 18.2. The van der Waals surface area contributed by atoms with Gasteiger partial charge in [-0.05, 0) is 24.3 Å². The number of nitrogens with one attached hydrogen (secondary N) is 1. The third-order valence-electron chi connectivity index (χ3n) is 4.02. The number of alkyl halides is 3. The number of amides is 2. The Kier molecular flexibility index (Phi) is 6.65. The summed E-state index contributed by atoms with van der Waals surface area (Å²) in [6.45, 7) is 0. The lowest BCUT2D eigenvalue weighted by Crippen LogP contribution is -2.34. The van der Waals surface area contributed by atoms with Crippen molar-refractivity contribution in [2.24, 2.45) is 5.84 Å². The maximum atomic E-state index is 13.3. The van der Waals surface area contributed by atoms with Crippen molar-refractivity contribution < 1.29 is 22.8 Å². The zero-order valence-electron chi connectivity index (χ0n) is 15.9. The first-order valence-electron chi connectivity index (χ1n) is 8.51. The number of nitrogens with two attached hydrogens (primary N) is 1. The van der Waals surface area contributed by atoms with Crippen LogP contribution in [0, 0.1) is 0 Å². The number of benzene rings is 1. The fraction of sp³-hybridized carbons (Fsp3) is 0.111. The quantitative estimate of drug-likeness (QED) is 0.308. The number of hydrogen-bond acceptors (Lipinski definition) is 5. The predicted octanol–water partition coefficient (Wildman–Crippen LogP) is 4.44. The number of carbonyl (C=O) groups excluding carboxylic acids is 2. The summed E-state index contributed by atoms with van der Waals surface area (Å²) in [6.07, 6.45) is -3.59. The van der Waals surface area contributed by atoms with Gasteiger partial charge in [-0.15, -0.1) is 0 Å². The highest BCUT2D eigenvalue weighted by Crippen LogP contribution is 2.33. The van der Waals surface area contributed by atoms with E-state index in [-0.39, 0.29) is 32.1 Å². The van der Waals surface area contributed by atoms with Crippen LogP contribution >= 0.6 is 34.8 Å². The number of hydrazine groups is 1. The second-order valence-corrected chi connectivity index (χ2v) is 7.56. The smallest absolute Gasteiger partial charge is 0.319 e. The first-order valence-corrected chi connectivity index (χ1v) is 9.65. The van der Waals surface area contributed by atoms with E-state index in [1.807, 2.05) is 0 Å². The van der Waals surface area contributed by atoms with Crippen LogP contribution in [-0.2, 0) is 6.18 Å². The predicted molar refractivity (Wildman–Crippen MR) is 112 cm³/mol. The molecule has 0 spiro atoms. The zero-order chi connectivity index (χ0) is 23.8. The highest BCUT2D eigenvalue weighted by atomic mass is 35.5. The van der Waals surface area contributed by atoms with Gasteiger partial charge in [0.05, 0.1) is 21.3 Å². The van der Waals surface area contributed by atoms with Crippen molar-refractivity contribution in [2.45, 2.75) is 6.18 Å². The van der Waals surface area contributed by atoms with Gasteiger partial charge < -0.3 is 5.32 Å². The molecule has 0 saturated heterocycles. The number of hydrogen-bond donors (Lipinski definition) is 2. The van der Waals surface area contributed by atoms with Crippen molar-refractivity contribution in [3.05, 3.63) is 68.5 Å². The standard InChI is InChI=1S/C18H12Cl3F3N6O2/c1-29(25)17(32)9-5-8(19)6-11(21)14(9)27-16(31)12-7-13(18(22,23)24)28-30(12)15-10(20)3-2-4-26-15/h2-7H,25H2,1H3,(H,27,31). The van der Waals surface area contributed by atoms with Gasteiger partial charge in [0.25, 0.3) is 11.8 Å². The second kappa shape index (κ2) is 8.94. The van der Waals surface area contributed by atoms with E-state index in [1.54, 1.807) is 0 Å².